The van der Waals surface area contributed by atoms with Gasteiger partial charge in [-0.05, 0) is 25.0 Å². The molecule has 1 aromatic rings. The normalized spacial score (nSPS) is 16.7. The lowest BCUT2D eigenvalue weighted by atomic mass is 10.1. The summed E-state index contributed by atoms with van der Waals surface area (Å²) in [7, 11) is -2.21. The molecule has 0 spiro atoms. The van der Waals surface area contributed by atoms with E-state index in [0.29, 0.717) is 18.9 Å². The van der Waals surface area contributed by atoms with E-state index in [2.05, 4.69) is 0 Å². The first kappa shape index (κ1) is 15.7. The fourth-order valence-corrected chi connectivity index (χ4v) is 2.93. The Morgan fingerprint density at radius 2 is 2.00 bits per heavy atom. The molecule has 0 saturated carbocycles. The molecule has 1 heterocycles. The molecular formula is C12H17N3O5S. The van der Waals surface area contributed by atoms with Crippen LogP contribution < -0.4 is 10.0 Å². The van der Waals surface area contributed by atoms with E-state index in [1.165, 1.54) is 12.1 Å². The van der Waals surface area contributed by atoms with E-state index >= 15 is 0 Å². The van der Waals surface area contributed by atoms with Crippen LogP contribution in [0.2, 0.25) is 0 Å². The fourth-order valence-electron chi connectivity index (χ4n) is 2.39. The van der Waals surface area contributed by atoms with Gasteiger partial charge in [0.25, 0.3) is 5.69 Å². The number of rotatable bonds is 4. The van der Waals surface area contributed by atoms with Gasteiger partial charge < -0.3 is 9.64 Å². The Kier molecular flexibility index (Phi) is 4.45. The molecule has 0 aromatic heterocycles. The fraction of sp³-hybridized carbons (Fsp3) is 0.500. The topological polar surface area (TPSA) is 116 Å². The number of primary sulfonamides is 1. The van der Waals surface area contributed by atoms with E-state index in [0.717, 1.165) is 18.9 Å². The number of nitrogens with two attached hydrogens (primary N) is 1. The molecule has 0 bridgehead atoms. The molecule has 1 fully saturated rings. The molecule has 0 atom stereocenters. The van der Waals surface area contributed by atoms with Crippen molar-refractivity contribution in [1.29, 1.82) is 0 Å². The van der Waals surface area contributed by atoms with Crippen LogP contribution in [0.15, 0.2) is 23.1 Å². The van der Waals surface area contributed by atoms with Crippen molar-refractivity contribution in [2.45, 2.75) is 23.8 Å². The van der Waals surface area contributed by atoms with Crippen molar-refractivity contribution in [3.8, 4) is 0 Å². The standard InChI is InChI=1S/C12H17N3O5S/c1-14(9-4-6-20-7-5-9)11-3-2-10(21(13,18)19)8-12(11)15(16)17/h2-3,8-9H,4-7H2,1H3,(H2,13,18,19). The average Bonchev–Trinajstić information content (AvgIpc) is 2.45. The predicted octanol–water partition coefficient (Wildman–Crippen LogP) is 0.857. The molecule has 1 saturated heterocycles. The molecule has 1 aromatic carbocycles. The maximum Gasteiger partial charge on any atom is 0.293 e. The molecular weight excluding hydrogens is 298 g/mol. The summed E-state index contributed by atoms with van der Waals surface area (Å²) in [6.45, 7) is 1.22. The summed E-state index contributed by atoms with van der Waals surface area (Å²) in [5, 5.41) is 16.2. The zero-order valence-corrected chi connectivity index (χ0v) is 12.4. The van der Waals surface area contributed by atoms with Crippen molar-refractivity contribution in [1.82, 2.24) is 0 Å². The quantitative estimate of drug-likeness (QED) is 0.650. The van der Waals surface area contributed by atoms with Crippen LogP contribution in [-0.2, 0) is 14.8 Å². The number of hydrogen-bond donors (Lipinski definition) is 1. The molecule has 21 heavy (non-hydrogen) atoms. The summed E-state index contributed by atoms with van der Waals surface area (Å²) in [5.41, 5.74) is 0.106. The van der Waals surface area contributed by atoms with Gasteiger partial charge in [0.15, 0.2) is 0 Å². The number of ether oxygens (including phenoxy) is 1. The average molecular weight is 315 g/mol. The number of sulfonamides is 1. The molecule has 2 rings (SSSR count). The van der Waals surface area contributed by atoms with Gasteiger partial charge in [-0.25, -0.2) is 13.6 Å². The summed E-state index contributed by atoms with van der Waals surface area (Å²) in [4.78, 5) is 12.1. The second-order valence-electron chi connectivity index (χ2n) is 4.91. The van der Waals surface area contributed by atoms with Gasteiger partial charge in [-0.3, -0.25) is 10.1 Å². The Labute approximate surface area is 122 Å². The van der Waals surface area contributed by atoms with Crippen molar-refractivity contribution in [2.75, 3.05) is 25.2 Å². The van der Waals surface area contributed by atoms with Crippen LogP contribution in [-0.4, -0.2) is 39.6 Å². The number of anilines is 1. The molecule has 0 unspecified atom stereocenters. The van der Waals surface area contributed by atoms with E-state index in [1.54, 1.807) is 11.9 Å². The Morgan fingerprint density at radius 3 is 2.52 bits per heavy atom. The van der Waals surface area contributed by atoms with E-state index < -0.39 is 14.9 Å². The van der Waals surface area contributed by atoms with Gasteiger partial charge in [0.2, 0.25) is 10.0 Å². The van der Waals surface area contributed by atoms with Crippen molar-refractivity contribution in [2.24, 2.45) is 5.14 Å². The molecule has 0 aliphatic carbocycles. The van der Waals surface area contributed by atoms with Crippen LogP contribution in [0, 0.1) is 10.1 Å². The summed E-state index contributed by atoms with van der Waals surface area (Å²) in [6, 6.07) is 3.83. The third kappa shape index (κ3) is 3.49. The SMILES string of the molecule is CN(c1ccc(S(N)(=O)=O)cc1[N+](=O)[O-])C1CCOCC1. The number of hydrogen-bond acceptors (Lipinski definition) is 6. The number of nitro groups is 1. The zero-order valence-electron chi connectivity index (χ0n) is 11.6. The Balaban J connectivity index is 2.40. The third-order valence-electron chi connectivity index (χ3n) is 3.59. The lowest BCUT2D eigenvalue weighted by Gasteiger charge is -2.32. The van der Waals surface area contributed by atoms with Gasteiger partial charge in [-0.2, -0.15) is 0 Å². The monoisotopic (exact) mass is 315 g/mol. The minimum atomic E-state index is -3.97. The maximum atomic E-state index is 11.3. The highest BCUT2D eigenvalue weighted by molar-refractivity contribution is 7.89. The van der Waals surface area contributed by atoms with Gasteiger partial charge in [-0.1, -0.05) is 0 Å². The minimum absolute atomic E-state index is 0.123. The summed E-state index contributed by atoms with van der Waals surface area (Å²) < 4.78 is 27.9. The highest BCUT2D eigenvalue weighted by Crippen LogP contribution is 2.32. The van der Waals surface area contributed by atoms with Gasteiger partial charge in [-0.15, -0.1) is 0 Å². The first-order valence-electron chi connectivity index (χ1n) is 6.42. The lowest BCUT2D eigenvalue weighted by Crippen LogP contribution is -2.37. The second-order valence-corrected chi connectivity index (χ2v) is 6.47. The Hall–Kier alpha value is -1.71. The van der Waals surface area contributed by atoms with Gasteiger partial charge in [0, 0.05) is 32.4 Å². The highest BCUT2D eigenvalue weighted by Gasteiger charge is 2.26. The number of benzene rings is 1. The maximum absolute atomic E-state index is 11.3. The van der Waals surface area contributed by atoms with Crippen molar-refractivity contribution >= 4 is 21.4 Å². The molecule has 0 amide bonds. The second kappa shape index (κ2) is 5.96. The van der Waals surface area contributed by atoms with E-state index in [4.69, 9.17) is 9.88 Å². The third-order valence-corrected chi connectivity index (χ3v) is 4.50. The molecule has 0 radical (unpaired) electrons. The van der Waals surface area contributed by atoms with E-state index in [9.17, 15) is 18.5 Å². The summed E-state index contributed by atoms with van der Waals surface area (Å²) >= 11 is 0. The molecule has 116 valence electrons. The van der Waals surface area contributed by atoms with Crippen molar-refractivity contribution in [3.63, 3.8) is 0 Å². The Morgan fingerprint density at radius 1 is 1.38 bits per heavy atom. The van der Waals surface area contributed by atoms with Crippen molar-refractivity contribution in [3.05, 3.63) is 28.3 Å². The molecule has 1 aliphatic rings. The number of nitro benzene ring substituents is 1. The summed E-state index contributed by atoms with van der Waals surface area (Å²) in [6.07, 6.45) is 1.54. The molecule has 9 heteroatoms. The summed E-state index contributed by atoms with van der Waals surface area (Å²) in [5.74, 6) is 0. The molecule has 1 aliphatic heterocycles. The lowest BCUT2D eigenvalue weighted by molar-refractivity contribution is -0.384. The molecule has 8 nitrogen and oxygen atoms in total. The van der Waals surface area contributed by atoms with Crippen LogP contribution in [0.25, 0.3) is 0 Å². The van der Waals surface area contributed by atoms with Gasteiger partial charge in [0.1, 0.15) is 5.69 Å². The first-order chi connectivity index (χ1) is 9.80. The number of nitrogens with zero attached hydrogens (tertiary/aromatic N) is 2. The van der Waals surface area contributed by atoms with Gasteiger partial charge in [0.05, 0.1) is 9.82 Å². The van der Waals surface area contributed by atoms with Crippen LogP contribution in [0.3, 0.4) is 0 Å². The van der Waals surface area contributed by atoms with E-state index in [-0.39, 0.29) is 16.6 Å². The van der Waals surface area contributed by atoms with Gasteiger partial charge >= 0.3 is 0 Å². The first-order valence-corrected chi connectivity index (χ1v) is 7.97. The van der Waals surface area contributed by atoms with Crippen LogP contribution >= 0.6 is 0 Å². The minimum Gasteiger partial charge on any atom is -0.381 e. The smallest absolute Gasteiger partial charge is 0.293 e. The molecule has 2 N–H and O–H groups in total. The van der Waals surface area contributed by atoms with E-state index in [1.807, 2.05) is 0 Å². The largest absolute Gasteiger partial charge is 0.381 e. The highest BCUT2D eigenvalue weighted by atomic mass is 32.2. The Bertz CT molecular complexity index is 640. The van der Waals surface area contributed by atoms with Crippen LogP contribution in [0.1, 0.15) is 12.8 Å². The van der Waals surface area contributed by atoms with Crippen LogP contribution in [0.5, 0.6) is 0 Å². The predicted molar refractivity (Wildman–Crippen MR) is 76.7 cm³/mol. The zero-order chi connectivity index (χ0) is 15.6. The van der Waals surface area contributed by atoms with Crippen LogP contribution in [0.4, 0.5) is 11.4 Å². The van der Waals surface area contributed by atoms with Crippen molar-refractivity contribution < 1.29 is 18.1 Å².